The molecule has 0 saturated carbocycles. The van der Waals surface area contributed by atoms with Crippen LogP contribution >= 0.6 is 0 Å². The van der Waals surface area contributed by atoms with E-state index in [2.05, 4.69) is 0 Å². The van der Waals surface area contributed by atoms with Crippen LogP contribution in [0.5, 0.6) is 5.75 Å². The van der Waals surface area contributed by atoms with E-state index in [1.54, 1.807) is 31.2 Å². The molecule has 0 aliphatic rings. The van der Waals surface area contributed by atoms with E-state index in [1.807, 2.05) is 0 Å². The molecule has 2 nitrogen and oxygen atoms in total. The van der Waals surface area contributed by atoms with Gasteiger partial charge in [-0.3, -0.25) is 0 Å². The van der Waals surface area contributed by atoms with Gasteiger partial charge in [0.15, 0.2) is 11.6 Å². The first-order valence-electron chi connectivity index (χ1n) is 6.24. The van der Waals surface area contributed by atoms with Gasteiger partial charge >= 0.3 is 0 Å². The first kappa shape index (κ1) is 14.5. The van der Waals surface area contributed by atoms with Crippen molar-refractivity contribution in [3.63, 3.8) is 0 Å². The lowest BCUT2D eigenvalue weighted by molar-refractivity contribution is 0.0563. The molecule has 4 heteroatoms. The molecule has 0 aliphatic carbocycles. The first-order valence-corrected chi connectivity index (χ1v) is 6.24. The summed E-state index contributed by atoms with van der Waals surface area (Å²) in [6.07, 6.45) is -0.0240. The fraction of sp³-hybridized carbons (Fsp3) is 0.250. The van der Waals surface area contributed by atoms with Gasteiger partial charge < -0.3 is 9.84 Å². The lowest BCUT2D eigenvalue weighted by atomic mass is 9.88. The molecular formula is C16H16F2O2. The molecule has 0 fully saturated rings. The average Bonchev–Trinajstić information content (AvgIpc) is 2.44. The molecule has 2 aromatic carbocycles. The minimum Gasteiger partial charge on any atom is -0.497 e. The second-order valence-corrected chi connectivity index (χ2v) is 4.90. The molecule has 0 aromatic heterocycles. The summed E-state index contributed by atoms with van der Waals surface area (Å²) in [5.74, 6) is -1.23. The fourth-order valence-corrected chi connectivity index (χ4v) is 2.12. The summed E-state index contributed by atoms with van der Waals surface area (Å²) >= 11 is 0. The first-order chi connectivity index (χ1) is 9.44. The lowest BCUT2D eigenvalue weighted by Gasteiger charge is -2.24. The van der Waals surface area contributed by atoms with Crippen LogP contribution in [0.3, 0.4) is 0 Å². The van der Waals surface area contributed by atoms with Crippen molar-refractivity contribution in [2.75, 3.05) is 7.11 Å². The maximum Gasteiger partial charge on any atom is 0.162 e. The zero-order chi connectivity index (χ0) is 14.8. The van der Waals surface area contributed by atoms with Crippen molar-refractivity contribution in [3.05, 3.63) is 65.2 Å². The Morgan fingerprint density at radius 2 is 1.85 bits per heavy atom. The second kappa shape index (κ2) is 5.59. The number of hydrogen-bond acceptors (Lipinski definition) is 2. The zero-order valence-electron chi connectivity index (χ0n) is 11.4. The number of methoxy groups -OCH3 is 1. The maximum atomic E-state index is 13.7. The predicted molar refractivity (Wildman–Crippen MR) is 72.6 cm³/mol. The summed E-state index contributed by atoms with van der Waals surface area (Å²) in [5.41, 5.74) is -0.596. The van der Waals surface area contributed by atoms with Crippen LogP contribution < -0.4 is 4.74 Å². The van der Waals surface area contributed by atoms with Crippen molar-refractivity contribution in [2.24, 2.45) is 0 Å². The van der Waals surface area contributed by atoms with Gasteiger partial charge in [-0.15, -0.1) is 0 Å². The molecule has 1 N–H and O–H groups in total. The van der Waals surface area contributed by atoms with Crippen molar-refractivity contribution >= 4 is 0 Å². The highest BCUT2D eigenvalue weighted by atomic mass is 19.2. The summed E-state index contributed by atoms with van der Waals surface area (Å²) in [6, 6.07) is 10.8. The Morgan fingerprint density at radius 1 is 1.15 bits per heavy atom. The SMILES string of the molecule is COc1cccc(C(C)(O)Cc2cccc(F)c2F)c1. The van der Waals surface area contributed by atoms with Crippen LogP contribution in [0.4, 0.5) is 8.78 Å². The lowest BCUT2D eigenvalue weighted by Crippen LogP contribution is -2.25. The number of hydrogen-bond donors (Lipinski definition) is 1. The summed E-state index contributed by atoms with van der Waals surface area (Å²) < 4.78 is 32.0. The van der Waals surface area contributed by atoms with Gasteiger partial charge in [0, 0.05) is 6.42 Å². The molecule has 0 radical (unpaired) electrons. The van der Waals surface area contributed by atoms with E-state index in [0.29, 0.717) is 11.3 Å². The third kappa shape index (κ3) is 2.96. The molecule has 106 valence electrons. The summed E-state index contributed by atoms with van der Waals surface area (Å²) in [5, 5.41) is 10.5. The second-order valence-electron chi connectivity index (χ2n) is 4.90. The van der Waals surface area contributed by atoms with Crippen LogP contribution in [0.25, 0.3) is 0 Å². The third-order valence-corrected chi connectivity index (χ3v) is 3.26. The van der Waals surface area contributed by atoms with E-state index in [1.165, 1.54) is 19.2 Å². The Bertz CT molecular complexity index is 609. The van der Waals surface area contributed by atoms with E-state index < -0.39 is 17.2 Å². The van der Waals surface area contributed by atoms with Crippen LogP contribution in [-0.4, -0.2) is 12.2 Å². The number of halogens is 2. The highest BCUT2D eigenvalue weighted by molar-refractivity contribution is 5.33. The Kier molecular flexibility index (Phi) is 4.04. The number of aliphatic hydroxyl groups is 1. The zero-order valence-corrected chi connectivity index (χ0v) is 11.4. The number of rotatable bonds is 4. The van der Waals surface area contributed by atoms with Crippen LogP contribution in [0.1, 0.15) is 18.1 Å². The normalized spacial score (nSPS) is 13.8. The van der Waals surface area contributed by atoms with Gasteiger partial charge in [-0.25, -0.2) is 8.78 Å². The summed E-state index contributed by atoms with van der Waals surface area (Å²) in [7, 11) is 1.53. The van der Waals surface area contributed by atoms with E-state index in [-0.39, 0.29) is 12.0 Å². The Hall–Kier alpha value is -1.94. The van der Waals surface area contributed by atoms with E-state index in [9.17, 15) is 13.9 Å². The summed E-state index contributed by atoms with van der Waals surface area (Å²) in [6.45, 7) is 1.56. The molecule has 0 spiro atoms. The fourth-order valence-electron chi connectivity index (χ4n) is 2.12. The van der Waals surface area contributed by atoms with Crippen molar-refractivity contribution in [1.82, 2.24) is 0 Å². The molecule has 0 bridgehead atoms. The van der Waals surface area contributed by atoms with Gasteiger partial charge in [0.25, 0.3) is 0 Å². The monoisotopic (exact) mass is 278 g/mol. The van der Waals surface area contributed by atoms with Crippen molar-refractivity contribution in [1.29, 1.82) is 0 Å². The maximum absolute atomic E-state index is 13.7. The largest absolute Gasteiger partial charge is 0.497 e. The Morgan fingerprint density at radius 3 is 2.55 bits per heavy atom. The molecule has 1 unspecified atom stereocenters. The molecule has 0 amide bonds. The van der Waals surface area contributed by atoms with Crippen LogP contribution in [0.15, 0.2) is 42.5 Å². The molecular weight excluding hydrogens is 262 g/mol. The number of benzene rings is 2. The Labute approximate surface area is 116 Å². The highest BCUT2D eigenvalue weighted by Gasteiger charge is 2.26. The van der Waals surface area contributed by atoms with Gasteiger partial charge in [0.1, 0.15) is 5.75 Å². The van der Waals surface area contributed by atoms with Gasteiger partial charge in [-0.2, -0.15) is 0 Å². The predicted octanol–water partition coefficient (Wildman–Crippen LogP) is 3.42. The molecule has 2 rings (SSSR count). The van der Waals surface area contributed by atoms with Crippen molar-refractivity contribution in [2.45, 2.75) is 18.9 Å². The van der Waals surface area contributed by atoms with Crippen LogP contribution in [0, 0.1) is 11.6 Å². The standard InChI is InChI=1S/C16H16F2O2/c1-16(19,12-6-4-7-13(9-12)20-2)10-11-5-3-8-14(17)15(11)18/h3-9,19H,10H2,1-2H3. The molecule has 0 heterocycles. The Balaban J connectivity index is 2.32. The van der Waals surface area contributed by atoms with Crippen LogP contribution in [0.2, 0.25) is 0 Å². The molecule has 0 saturated heterocycles. The molecule has 1 atom stereocenters. The highest BCUT2D eigenvalue weighted by Crippen LogP contribution is 2.29. The minimum absolute atomic E-state index is 0.0240. The molecule has 20 heavy (non-hydrogen) atoms. The van der Waals surface area contributed by atoms with Crippen molar-refractivity contribution in [3.8, 4) is 5.75 Å². The summed E-state index contributed by atoms with van der Waals surface area (Å²) in [4.78, 5) is 0. The molecule has 0 aliphatic heterocycles. The van der Waals surface area contributed by atoms with Crippen LogP contribution in [-0.2, 0) is 12.0 Å². The van der Waals surface area contributed by atoms with E-state index in [0.717, 1.165) is 6.07 Å². The van der Waals surface area contributed by atoms with Gasteiger partial charge in [0.05, 0.1) is 12.7 Å². The quantitative estimate of drug-likeness (QED) is 0.928. The molecule has 2 aromatic rings. The average molecular weight is 278 g/mol. The van der Waals surface area contributed by atoms with Gasteiger partial charge in [0.2, 0.25) is 0 Å². The van der Waals surface area contributed by atoms with E-state index >= 15 is 0 Å². The topological polar surface area (TPSA) is 29.5 Å². The van der Waals surface area contributed by atoms with E-state index in [4.69, 9.17) is 4.74 Å². The number of ether oxygens (including phenoxy) is 1. The smallest absolute Gasteiger partial charge is 0.162 e. The van der Waals surface area contributed by atoms with Crippen molar-refractivity contribution < 1.29 is 18.6 Å². The van der Waals surface area contributed by atoms with Gasteiger partial charge in [-0.05, 0) is 36.2 Å². The van der Waals surface area contributed by atoms with Gasteiger partial charge in [-0.1, -0.05) is 24.3 Å². The minimum atomic E-state index is -1.32. The third-order valence-electron chi connectivity index (χ3n) is 3.26.